The molecule has 0 atom stereocenters. The van der Waals surface area contributed by atoms with Crippen molar-refractivity contribution < 1.29 is 0 Å². The van der Waals surface area contributed by atoms with Crippen LogP contribution in [0.5, 0.6) is 0 Å². The Kier molecular flexibility index (Phi) is 4.41. The number of imidazole rings is 1. The molecule has 3 aromatic rings. The number of nitrogen functional groups attached to an aromatic ring is 1. The minimum Gasteiger partial charge on any atom is -0.368 e. The molecule has 0 aliphatic carbocycles. The van der Waals surface area contributed by atoms with Crippen molar-refractivity contribution in [3.8, 4) is 0 Å². The van der Waals surface area contributed by atoms with Gasteiger partial charge in [-0.3, -0.25) is 0 Å². The second kappa shape index (κ2) is 6.66. The molecule has 3 rings (SSSR count). The number of para-hydroxylation sites is 1. The zero-order chi connectivity index (χ0) is 17.1. The number of nitrogens with two attached hydrogens (primary N) is 1. The van der Waals surface area contributed by atoms with Gasteiger partial charge in [0.05, 0.1) is 6.54 Å². The van der Waals surface area contributed by atoms with Gasteiger partial charge in [0.15, 0.2) is 5.82 Å². The molecule has 24 heavy (non-hydrogen) atoms. The van der Waals surface area contributed by atoms with E-state index < -0.39 is 0 Å². The van der Waals surface area contributed by atoms with E-state index in [0.29, 0.717) is 24.2 Å². The third kappa shape index (κ3) is 3.51. The van der Waals surface area contributed by atoms with Gasteiger partial charge in [-0.1, -0.05) is 32.0 Å². The van der Waals surface area contributed by atoms with E-state index in [2.05, 4.69) is 39.1 Å². The molecule has 0 bridgehead atoms. The topological polar surface area (TPSA) is 94.5 Å². The number of hydrogen-bond donors (Lipinski definition) is 2. The molecule has 0 spiro atoms. The van der Waals surface area contributed by atoms with Crippen molar-refractivity contribution in [3.05, 3.63) is 53.9 Å². The summed E-state index contributed by atoms with van der Waals surface area (Å²) in [5.41, 5.74) is 7.90. The molecule has 124 valence electrons. The first kappa shape index (κ1) is 15.9. The first-order valence-electron chi connectivity index (χ1n) is 7.87. The van der Waals surface area contributed by atoms with E-state index in [-0.39, 0.29) is 5.95 Å². The Labute approximate surface area is 141 Å². The summed E-state index contributed by atoms with van der Waals surface area (Å²) in [4.78, 5) is 17.3. The summed E-state index contributed by atoms with van der Waals surface area (Å²) in [6.45, 7) is 6.73. The maximum absolute atomic E-state index is 5.85. The van der Waals surface area contributed by atoms with Crippen molar-refractivity contribution >= 4 is 17.6 Å². The van der Waals surface area contributed by atoms with Crippen molar-refractivity contribution in [3.63, 3.8) is 0 Å². The highest BCUT2D eigenvalue weighted by atomic mass is 15.2. The van der Waals surface area contributed by atoms with Crippen LogP contribution in [0, 0.1) is 6.92 Å². The molecule has 1 aromatic carbocycles. The molecule has 0 amide bonds. The van der Waals surface area contributed by atoms with Crippen molar-refractivity contribution in [2.75, 3.05) is 11.1 Å². The minimum absolute atomic E-state index is 0.197. The molecule has 3 N–H and O–H groups in total. The molecule has 7 nitrogen and oxygen atoms in total. The molecule has 0 saturated carbocycles. The minimum atomic E-state index is 0.197. The number of aryl methyl sites for hydroxylation is 1. The van der Waals surface area contributed by atoms with Gasteiger partial charge in [-0.15, -0.1) is 0 Å². The summed E-state index contributed by atoms with van der Waals surface area (Å²) in [5.74, 6) is 2.55. The van der Waals surface area contributed by atoms with Gasteiger partial charge >= 0.3 is 0 Å². The monoisotopic (exact) mass is 323 g/mol. The lowest BCUT2D eigenvalue weighted by Crippen LogP contribution is -2.12. The zero-order valence-electron chi connectivity index (χ0n) is 14.1. The number of hydrogen-bond acceptors (Lipinski definition) is 6. The third-order valence-electron chi connectivity index (χ3n) is 3.67. The summed E-state index contributed by atoms with van der Waals surface area (Å²) >= 11 is 0. The lowest BCUT2D eigenvalue weighted by Gasteiger charge is -2.12. The Hall–Kier alpha value is -2.96. The summed E-state index contributed by atoms with van der Waals surface area (Å²) in [7, 11) is 0. The Balaban J connectivity index is 1.86. The van der Waals surface area contributed by atoms with Gasteiger partial charge in [0.25, 0.3) is 0 Å². The van der Waals surface area contributed by atoms with Gasteiger partial charge < -0.3 is 15.6 Å². The molecule has 0 saturated heterocycles. The number of aromatic nitrogens is 5. The van der Waals surface area contributed by atoms with Gasteiger partial charge in [-0.25, -0.2) is 4.98 Å². The van der Waals surface area contributed by atoms with Crippen LogP contribution in [0.4, 0.5) is 17.6 Å². The van der Waals surface area contributed by atoms with Gasteiger partial charge in [0, 0.05) is 24.0 Å². The van der Waals surface area contributed by atoms with E-state index in [9.17, 15) is 0 Å². The summed E-state index contributed by atoms with van der Waals surface area (Å²) in [5, 5.41) is 3.20. The van der Waals surface area contributed by atoms with E-state index >= 15 is 0 Å². The van der Waals surface area contributed by atoms with Crippen molar-refractivity contribution in [2.24, 2.45) is 0 Å². The fraction of sp³-hybridized carbons (Fsp3) is 0.294. The molecule has 7 heteroatoms. The molecule has 2 aromatic heterocycles. The van der Waals surface area contributed by atoms with E-state index in [1.807, 2.05) is 42.0 Å². The Morgan fingerprint density at radius 3 is 2.71 bits per heavy atom. The molecule has 0 radical (unpaired) electrons. The maximum Gasteiger partial charge on any atom is 0.232 e. The Bertz CT molecular complexity index is 838. The lowest BCUT2D eigenvalue weighted by molar-refractivity contribution is 0.648. The standard InChI is InChI=1S/C17H21N7/c1-11(2)15-19-8-9-24(15)10-14-21-16(18)23-17(22-14)20-13-7-5-4-6-12(13)3/h4-9,11H,10H2,1-3H3,(H3,18,20,21,22,23). The quantitative estimate of drug-likeness (QED) is 0.749. The van der Waals surface area contributed by atoms with E-state index in [0.717, 1.165) is 17.1 Å². The molecule has 0 aliphatic rings. The Morgan fingerprint density at radius 2 is 1.96 bits per heavy atom. The van der Waals surface area contributed by atoms with E-state index in [4.69, 9.17) is 5.73 Å². The number of nitrogens with zero attached hydrogens (tertiary/aromatic N) is 5. The van der Waals surface area contributed by atoms with Gasteiger partial charge in [0.2, 0.25) is 11.9 Å². The van der Waals surface area contributed by atoms with Gasteiger partial charge in [-0.05, 0) is 18.6 Å². The second-order valence-corrected chi connectivity index (χ2v) is 5.94. The van der Waals surface area contributed by atoms with Crippen molar-refractivity contribution in [2.45, 2.75) is 33.2 Å². The van der Waals surface area contributed by atoms with Crippen LogP contribution in [0.2, 0.25) is 0 Å². The predicted molar refractivity (Wildman–Crippen MR) is 94.1 cm³/mol. The smallest absolute Gasteiger partial charge is 0.232 e. The van der Waals surface area contributed by atoms with Crippen molar-refractivity contribution in [1.82, 2.24) is 24.5 Å². The molecule has 0 aliphatic heterocycles. The Morgan fingerprint density at radius 1 is 1.17 bits per heavy atom. The highest BCUT2D eigenvalue weighted by Crippen LogP contribution is 2.18. The highest BCUT2D eigenvalue weighted by molar-refractivity contribution is 5.58. The van der Waals surface area contributed by atoms with Crippen LogP contribution >= 0.6 is 0 Å². The van der Waals surface area contributed by atoms with Gasteiger partial charge in [-0.2, -0.15) is 15.0 Å². The molecular formula is C17H21N7. The molecular weight excluding hydrogens is 302 g/mol. The van der Waals surface area contributed by atoms with Crippen LogP contribution in [-0.2, 0) is 6.54 Å². The van der Waals surface area contributed by atoms with Crippen molar-refractivity contribution in [1.29, 1.82) is 0 Å². The number of nitrogens with one attached hydrogen (secondary N) is 1. The van der Waals surface area contributed by atoms with Crippen LogP contribution in [-0.4, -0.2) is 24.5 Å². The number of anilines is 3. The highest BCUT2D eigenvalue weighted by Gasteiger charge is 2.11. The zero-order valence-corrected chi connectivity index (χ0v) is 14.1. The predicted octanol–water partition coefficient (Wildman–Crippen LogP) is 2.87. The molecule has 0 fully saturated rings. The average Bonchev–Trinajstić information content (AvgIpc) is 2.97. The average molecular weight is 323 g/mol. The second-order valence-electron chi connectivity index (χ2n) is 5.94. The van der Waals surface area contributed by atoms with Gasteiger partial charge in [0.1, 0.15) is 5.82 Å². The summed E-state index contributed by atoms with van der Waals surface area (Å²) in [6, 6.07) is 7.94. The van der Waals surface area contributed by atoms with E-state index in [1.165, 1.54) is 0 Å². The lowest BCUT2D eigenvalue weighted by atomic mass is 10.2. The first-order chi connectivity index (χ1) is 11.5. The SMILES string of the molecule is Cc1ccccc1Nc1nc(N)nc(Cn2ccnc2C(C)C)n1. The fourth-order valence-corrected chi connectivity index (χ4v) is 2.51. The van der Waals surface area contributed by atoms with E-state index in [1.54, 1.807) is 6.20 Å². The van der Waals surface area contributed by atoms with Crippen LogP contribution in [0.1, 0.15) is 37.0 Å². The first-order valence-corrected chi connectivity index (χ1v) is 7.87. The fourth-order valence-electron chi connectivity index (χ4n) is 2.51. The van der Waals surface area contributed by atoms with Crippen LogP contribution in [0.15, 0.2) is 36.7 Å². The van der Waals surface area contributed by atoms with Crippen LogP contribution in [0.25, 0.3) is 0 Å². The molecule has 2 heterocycles. The number of rotatable bonds is 5. The summed E-state index contributed by atoms with van der Waals surface area (Å²) in [6.07, 6.45) is 3.70. The normalized spacial score (nSPS) is 11.0. The molecule has 0 unspecified atom stereocenters. The largest absolute Gasteiger partial charge is 0.368 e. The van der Waals surface area contributed by atoms with Crippen LogP contribution in [0.3, 0.4) is 0 Å². The third-order valence-corrected chi connectivity index (χ3v) is 3.67. The summed E-state index contributed by atoms with van der Waals surface area (Å²) < 4.78 is 2.02. The number of benzene rings is 1. The maximum atomic E-state index is 5.85. The van der Waals surface area contributed by atoms with Crippen LogP contribution < -0.4 is 11.1 Å².